The highest BCUT2D eigenvalue weighted by atomic mass is 19.1. The van der Waals surface area contributed by atoms with Crippen molar-refractivity contribution in [1.29, 1.82) is 0 Å². The summed E-state index contributed by atoms with van der Waals surface area (Å²) in [6.45, 7) is -2.40. The van der Waals surface area contributed by atoms with E-state index >= 15 is 0 Å². The number of benzene rings is 3. The number of nitrogens with zero attached hydrogens (tertiary/aromatic N) is 1. The lowest BCUT2D eigenvalue weighted by molar-refractivity contribution is -0.790. The van der Waals surface area contributed by atoms with E-state index in [9.17, 15) is 28.0 Å². The lowest BCUT2D eigenvalue weighted by atomic mass is 9.61. The van der Waals surface area contributed by atoms with Crippen molar-refractivity contribution in [3.63, 3.8) is 0 Å². The molecule has 11 heteroatoms. The molecule has 8 nitrogen and oxygen atoms in total. The first-order valence-corrected chi connectivity index (χ1v) is 11.9. The second kappa shape index (κ2) is 10.9. The van der Waals surface area contributed by atoms with Gasteiger partial charge < -0.3 is 23.8 Å². The average Bonchev–Trinajstić information content (AvgIpc) is 3.28. The molecule has 0 spiro atoms. The third kappa shape index (κ3) is 5.62. The second-order valence-electron chi connectivity index (χ2n) is 9.32. The third-order valence-electron chi connectivity index (χ3n) is 6.49. The van der Waals surface area contributed by atoms with Crippen LogP contribution in [0.4, 0.5) is 8.78 Å². The Bertz CT molecular complexity index is 1330. The number of amides is 1. The fourth-order valence-corrected chi connectivity index (χ4v) is 4.48. The van der Waals surface area contributed by atoms with Crippen molar-refractivity contribution in [3.8, 4) is 0 Å². The van der Waals surface area contributed by atoms with E-state index in [1.54, 1.807) is 7.05 Å². The normalized spacial score (nSPS) is 21.4. The number of carbonyl (C=O) groups excluding carboxylic acids is 4. The molecule has 0 atom stereocenters. The summed E-state index contributed by atoms with van der Waals surface area (Å²) in [5, 5.41) is 2.81. The summed E-state index contributed by atoms with van der Waals surface area (Å²) in [6, 6.07) is 20.3. The number of rotatable bonds is 6. The molecular formula is C27H25BF2N2O6. The van der Waals surface area contributed by atoms with Crippen LogP contribution < -0.4 is 5.32 Å². The van der Waals surface area contributed by atoms with Gasteiger partial charge >= 0.3 is 18.6 Å². The molecule has 38 heavy (non-hydrogen) atoms. The van der Waals surface area contributed by atoms with E-state index in [2.05, 4.69) is 5.32 Å². The molecule has 0 aromatic heterocycles. The van der Waals surface area contributed by atoms with Gasteiger partial charge in [0, 0.05) is 19.2 Å². The predicted molar refractivity (Wildman–Crippen MR) is 133 cm³/mol. The minimum Gasteiger partial charge on any atom is -0.594 e. The number of carbonyl (C=O) groups is 4. The van der Waals surface area contributed by atoms with Gasteiger partial charge in [-0.25, -0.2) is 8.78 Å². The molecular weight excluding hydrogens is 497 g/mol. The second-order valence-corrected chi connectivity index (χ2v) is 9.32. The highest BCUT2D eigenvalue weighted by molar-refractivity contribution is 6.97. The minimum atomic E-state index is -2.77. The number of quaternary nitrogens is 1. The summed E-state index contributed by atoms with van der Waals surface area (Å²) in [4.78, 5) is 47.4. The fourth-order valence-electron chi connectivity index (χ4n) is 4.48. The molecule has 1 amide bonds. The third-order valence-corrected chi connectivity index (χ3v) is 6.49. The average molecular weight is 522 g/mol. The first kappa shape index (κ1) is 26.7. The summed E-state index contributed by atoms with van der Waals surface area (Å²) in [5.74, 6) is -2.18. The van der Waals surface area contributed by atoms with Crippen LogP contribution in [0.1, 0.15) is 26.3 Å². The first-order chi connectivity index (χ1) is 18.1. The van der Waals surface area contributed by atoms with Crippen LogP contribution in [-0.4, -0.2) is 61.3 Å². The molecule has 2 heterocycles. The van der Waals surface area contributed by atoms with Crippen LogP contribution in [0.15, 0.2) is 78.9 Å². The Labute approximate surface area is 217 Å². The van der Waals surface area contributed by atoms with Gasteiger partial charge in [0.05, 0.1) is 0 Å². The van der Waals surface area contributed by atoms with Crippen LogP contribution in [0.25, 0.3) is 0 Å². The number of fused-ring (bicyclic) bond motifs is 1. The zero-order chi connectivity index (χ0) is 27.3. The van der Waals surface area contributed by atoms with Gasteiger partial charge in [-0.2, -0.15) is 0 Å². The van der Waals surface area contributed by atoms with Crippen molar-refractivity contribution in [2.24, 2.45) is 0 Å². The summed E-state index contributed by atoms with van der Waals surface area (Å²) in [5.41, 5.74) is 1.19. The number of halogens is 2. The van der Waals surface area contributed by atoms with Gasteiger partial charge in [0.15, 0.2) is 5.68 Å². The lowest BCUT2D eigenvalue weighted by Gasteiger charge is -2.38. The van der Waals surface area contributed by atoms with Crippen molar-refractivity contribution in [1.82, 2.24) is 5.32 Å². The van der Waals surface area contributed by atoms with Crippen LogP contribution in [0.5, 0.6) is 0 Å². The maximum Gasteiger partial charge on any atom is 0.654 e. The van der Waals surface area contributed by atoms with Crippen LogP contribution in [0.3, 0.4) is 0 Å². The molecule has 2 aliphatic heterocycles. The Hall–Kier alpha value is -4.38. The summed E-state index contributed by atoms with van der Waals surface area (Å²) in [6.07, 6.45) is 0.785. The van der Waals surface area contributed by atoms with E-state index in [1.807, 2.05) is 30.3 Å². The Morgan fingerprint density at radius 1 is 0.816 bits per heavy atom. The maximum atomic E-state index is 12.9. The van der Waals surface area contributed by atoms with Gasteiger partial charge in [0.2, 0.25) is 0 Å². The standard InChI is InChI=1S/C15H14FNO.C12H11BFNO5/c16-14-8-6-13(7-9-14)15(18)17-11-10-12-4-2-1-3-5-12;1-15-6-10(16)19-13(15,20-11(17)7-15)12(18)8-2-4-9(14)5-3-8/h1-9H,10-11H2,(H,17,18);2-5H,6-7H2,1H3. The summed E-state index contributed by atoms with van der Waals surface area (Å²) >= 11 is 0. The number of hydrogen-bond acceptors (Lipinski definition) is 6. The molecule has 0 saturated carbocycles. The van der Waals surface area contributed by atoms with Gasteiger partial charge in [-0.05, 0) is 53.9 Å². The van der Waals surface area contributed by atoms with Crippen molar-refractivity contribution in [2.45, 2.75) is 6.42 Å². The first-order valence-electron chi connectivity index (χ1n) is 11.9. The molecule has 2 fully saturated rings. The summed E-state index contributed by atoms with van der Waals surface area (Å²) in [7, 11) is 1.57. The van der Waals surface area contributed by atoms with Crippen molar-refractivity contribution < 1.29 is 41.7 Å². The van der Waals surface area contributed by atoms with Gasteiger partial charge in [-0.3, -0.25) is 14.4 Å². The lowest BCUT2D eigenvalue weighted by Crippen LogP contribution is -2.65. The van der Waals surface area contributed by atoms with E-state index in [0.717, 1.165) is 18.6 Å². The Balaban J connectivity index is 0.000000178. The van der Waals surface area contributed by atoms with Crippen LogP contribution in [0, 0.1) is 11.6 Å². The number of likely N-dealkylation sites (N-methyl/N-ethyl adjacent to an activating group) is 1. The van der Waals surface area contributed by atoms with Crippen molar-refractivity contribution in [2.75, 3.05) is 26.7 Å². The molecule has 0 aliphatic carbocycles. The zero-order valence-electron chi connectivity index (χ0n) is 20.6. The minimum absolute atomic E-state index is 0.0985. The van der Waals surface area contributed by atoms with Crippen molar-refractivity contribution in [3.05, 3.63) is 107 Å². The molecule has 3 aromatic rings. The van der Waals surface area contributed by atoms with Crippen molar-refractivity contribution >= 4 is 30.2 Å². The van der Waals surface area contributed by atoms with Gasteiger partial charge in [-0.1, -0.05) is 42.5 Å². The monoisotopic (exact) mass is 522 g/mol. The Morgan fingerprint density at radius 2 is 1.32 bits per heavy atom. The molecule has 2 aliphatic rings. The molecule has 1 N–H and O–H groups in total. The molecule has 196 valence electrons. The highest BCUT2D eigenvalue weighted by Gasteiger charge is 2.70. The maximum absolute atomic E-state index is 12.9. The van der Waals surface area contributed by atoms with Crippen LogP contribution >= 0.6 is 0 Å². The smallest absolute Gasteiger partial charge is 0.594 e. The van der Waals surface area contributed by atoms with E-state index in [1.165, 1.54) is 42.0 Å². The molecule has 0 unspecified atom stereocenters. The van der Waals surface area contributed by atoms with E-state index in [4.69, 9.17) is 9.31 Å². The number of nitrogens with one attached hydrogen (secondary N) is 1. The largest absolute Gasteiger partial charge is 0.654 e. The number of hydrogen-bond donors (Lipinski definition) is 1. The SMILES string of the molecule is C[N+]12CC(=O)O[B-]1(C(=O)c1ccc(F)cc1)OC(=O)C2.O=C(NCCc1ccccc1)c1ccc(F)cc1. The van der Waals surface area contributed by atoms with Gasteiger partial charge in [0.1, 0.15) is 24.7 Å². The quantitative estimate of drug-likeness (QED) is 0.501. The van der Waals surface area contributed by atoms with Gasteiger partial charge in [-0.15, -0.1) is 0 Å². The Kier molecular flexibility index (Phi) is 7.68. The molecule has 3 aromatic carbocycles. The fraction of sp³-hybridized carbons (Fsp3) is 0.185. The molecule has 5 rings (SSSR count). The Morgan fingerprint density at radius 3 is 1.84 bits per heavy atom. The predicted octanol–water partition coefficient (Wildman–Crippen LogP) is 2.84. The van der Waals surface area contributed by atoms with E-state index < -0.39 is 30.1 Å². The van der Waals surface area contributed by atoms with Crippen LogP contribution in [-0.2, 0) is 25.3 Å². The highest BCUT2D eigenvalue weighted by Crippen LogP contribution is 2.36. The molecule has 2 saturated heterocycles. The molecule has 0 radical (unpaired) electrons. The van der Waals surface area contributed by atoms with E-state index in [0.29, 0.717) is 12.1 Å². The van der Waals surface area contributed by atoms with E-state index in [-0.39, 0.29) is 34.8 Å². The van der Waals surface area contributed by atoms with Gasteiger partial charge in [0.25, 0.3) is 5.91 Å². The summed E-state index contributed by atoms with van der Waals surface area (Å²) < 4.78 is 35.6. The topological polar surface area (TPSA) is 98.8 Å². The van der Waals surface area contributed by atoms with Crippen LogP contribution in [0.2, 0.25) is 0 Å². The zero-order valence-corrected chi connectivity index (χ0v) is 20.6. The molecule has 0 bridgehead atoms.